The molecule has 3 aliphatic rings. The number of anilines is 1. The van der Waals surface area contributed by atoms with Gasteiger partial charge in [-0.2, -0.15) is 13.2 Å². The molecule has 3 fully saturated rings. The van der Waals surface area contributed by atoms with E-state index in [4.69, 9.17) is 4.79 Å². The Kier molecular flexibility index (Phi) is 8.60. The second kappa shape index (κ2) is 11.7. The maximum Gasteiger partial charge on any atom is 0.447 e. The van der Waals surface area contributed by atoms with Gasteiger partial charge in [0, 0.05) is 49.0 Å². The maximum absolute atomic E-state index is 13.4. The zero-order chi connectivity index (χ0) is 26.6. The lowest BCUT2D eigenvalue weighted by Gasteiger charge is -2.38. The van der Waals surface area contributed by atoms with Crippen molar-refractivity contribution >= 4 is 35.3 Å². The van der Waals surface area contributed by atoms with Crippen molar-refractivity contribution in [3.8, 4) is 11.8 Å². The highest BCUT2D eigenvalue weighted by atomic mass is 32.2. The summed E-state index contributed by atoms with van der Waals surface area (Å²) in [6.07, 6.45) is 8.59. The Labute approximate surface area is 218 Å². The molecule has 37 heavy (non-hydrogen) atoms. The normalized spacial score (nSPS) is 22.9. The van der Waals surface area contributed by atoms with Gasteiger partial charge in [0.2, 0.25) is 12.3 Å². The first kappa shape index (κ1) is 27.2. The molecule has 4 heterocycles. The number of pyridine rings is 1. The number of thioether (sulfide) groups is 1. The van der Waals surface area contributed by atoms with Gasteiger partial charge in [-0.05, 0) is 63.8 Å². The van der Waals surface area contributed by atoms with Crippen LogP contribution in [-0.4, -0.2) is 65.9 Å². The van der Waals surface area contributed by atoms with Crippen LogP contribution < -0.4 is 16.0 Å². The number of halogens is 3. The van der Waals surface area contributed by atoms with Gasteiger partial charge in [0.25, 0.3) is 0 Å². The number of hydrogen-bond acceptors (Lipinski definition) is 5. The van der Waals surface area contributed by atoms with Gasteiger partial charge in [0.15, 0.2) is 0 Å². The number of amides is 2. The van der Waals surface area contributed by atoms with Crippen molar-refractivity contribution in [3.05, 3.63) is 30.0 Å². The molecular formula is C26H32F3N5O2S. The lowest BCUT2D eigenvalue weighted by Crippen LogP contribution is -2.48. The minimum Gasteiger partial charge on any atom is -0.379 e. The number of alkyl halides is 3. The summed E-state index contributed by atoms with van der Waals surface area (Å²) in [5, 5.41) is 8.66. The van der Waals surface area contributed by atoms with Crippen molar-refractivity contribution in [2.45, 2.75) is 67.2 Å². The Morgan fingerprint density at radius 1 is 1.22 bits per heavy atom. The number of hydrogen-bond donors (Lipinski definition) is 3. The zero-order valence-corrected chi connectivity index (χ0v) is 21.7. The highest BCUT2D eigenvalue weighted by Gasteiger charge is 2.40. The van der Waals surface area contributed by atoms with Crippen molar-refractivity contribution in [1.29, 1.82) is 0 Å². The Bertz CT molecular complexity index is 1180. The summed E-state index contributed by atoms with van der Waals surface area (Å²) in [5.41, 5.74) is -2.62. The van der Waals surface area contributed by atoms with E-state index in [1.807, 2.05) is 6.07 Å². The first-order valence-corrected chi connectivity index (χ1v) is 13.3. The molecule has 2 bridgehead atoms. The van der Waals surface area contributed by atoms with E-state index in [0.717, 1.165) is 37.8 Å². The van der Waals surface area contributed by atoms with Gasteiger partial charge in [-0.3, -0.25) is 14.5 Å². The van der Waals surface area contributed by atoms with Gasteiger partial charge in [-0.15, -0.1) is 0 Å². The molecule has 1 saturated carbocycles. The van der Waals surface area contributed by atoms with Crippen LogP contribution in [0.15, 0.2) is 29.4 Å². The van der Waals surface area contributed by atoms with Gasteiger partial charge < -0.3 is 20.4 Å². The second-order valence-electron chi connectivity index (χ2n) is 9.58. The third kappa shape index (κ3) is 6.73. The number of rotatable bonds is 6. The fraction of sp³-hybridized carbons (Fsp3) is 0.538. The fourth-order valence-corrected chi connectivity index (χ4v) is 5.86. The smallest absolute Gasteiger partial charge is 0.379 e. The standard InChI is InChI=1S/C24H27F3N4OS.C2H5NO/c1-30-17-8-10-19(20(30)11-9-17)29-18-5-3-13-31-21(18)14-16(23(31)33-24(25,26)27)4-2-12-28-22(32)15-6-7-15;1-3-2-4/h3,5,13-15,17,19-20,29H,6-12H2,1H3,(H,28,32);2H,1H3,(H,3,4)/t17-,19?,20-;/m1./s1. The van der Waals surface area contributed by atoms with Crippen LogP contribution in [0.1, 0.15) is 44.1 Å². The summed E-state index contributed by atoms with van der Waals surface area (Å²) in [5.74, 6) is 5.73. The van der Waals surface area contributed by atoms with Crippen LogP contribution in [0, 0.1) is 17.8 Å². The molecule has 3 N–H and O–H groups in total. The van der Waals surface area contributed by atoms with Crippen molar-refractivity contribution in [1.82, 2.24) is 19.9 Å². The van der Waals surface area contributed by atoms with E-state index in [0.29, 0.717) is 29.6 Å². The largest absolute Gasteiger partial charge is 0.447 e. The van der Waals surface area contributed by atoms with Crippen LogP contribution in [0.5, 0.6) is 0 Å². The number of aromatic nitrogens is 1. The van der Waals surface area contributed by atoms with Gasteiger partial charge in [0.05, 0.1) is 23.3 Å². The topological polar surface area (TPSA) is 77.9 Å². The molecule has 5 rings (SSSR count). The first-order chi connectivity index (χ1) is 17.7. The van der Waals surface area contributed by atoms with E-state index in [1.54, 1.807) is 29.8 Å². The number of piperidine rings is 1. The third-order valence-electron chi connectivity index (χ3n) is 7.13. The molecule has 2 aliphatic heterocycles. The van der Waals surface area contributed by atoms with Crippen LogP contribution in [0.2, 0.25) is 0 Å². The molecule has 2 amide bonds. The number of likely N-dealkylation sites (N-methyl/N-ethyl adjacent to an activating group) is 1. The average molecular weight is 536 g/mol. The molecule has 2 aromatic rings. The van der Waals surface area contributed by atoms with Gasteiger partial charge in [-0.1, -0.05) is 11.8 Å². The molecule has 11 heteroatoms. The van der Waals surface area contributed by atoms with Crippen LogP contribution in [-0.2, 0) is 9.59 Å². The van der Waals surface area contributed by atoms with Crippen molar-refractivity contribution in [2.24, 2.45) is 5.92 Å². The van der Waals surface area contributed by atoms with E-state index in [-0.39, 0.29) is 41.2 Å². The quantitative estimate of drug-likeness (QED) is 0.298. The molecular weight excluding hydrogens is 503 g/mol. The van der Waals surface area contributed by atoms with Crippen LogP contribution in [0.4, 0.5) is 18.9 Å². The highest BCUT2D eigenvalue weighted by molar-refractivity contribution is 8.00. The third-order valence-corrected chi connectivity index (χ3v) is 7.97. The number of nitrogens with one attached hydrogen (secondary N) is 3. The number of carbonyl (C=O) groups is 2. The Morgan fingerprint density at radius 3 is 2.62 bits per heavy atom. The molecule has 1 aliphatic carbocycles. The van der Waals surface area contributed by atoms with Crippen molar-refractivity contribution < 1.29 is 22.8 Å². The van der Waals surface area contributed by atoms with E-state index < -0.39 is 5.51 Å². The SMILES string of the molecule is CN1[C@@H]2CCC(Nc3cccn4c(SC(F)(F)F)c(C#CCNC(=O)C5CC5)cc34)[C@H]1CC2.CNC=O. The lowest BCUT2D eigenvalue weighted by atomic mass is 9.97. The minimum atomic E-state index is -4.43. The van der Waals surface area contributed by atoms with Crippen molar-refractivity contribution in [2.75, 3.05) is 26.0 Å². The fourth-order valence-electron chi connectivity index (χ4n) is 5.17. The molecule has 200 valence electrons. The number of nitrogens with zero attached hydrogens (tertiary/aromatic N) is 2. The summed E-state index contributed by atoms with van der Waals surface area (Å²) >= 11 is -0.153. The second-order valence-corrected chi connectivity index (χ2v) is 10.6. The number of carbonyl (C=O) groups excluding carboxylic acids is 2. The average Bonchev–Trinajstić information content (AvgIpc) is 3.62. The predicted molar refractivity (Wildman–Crippen MR) is 138 cm³/mol. The zero-order valence-electron chi connectivity index (χ0n) is 20.9. The Morgan fingerprint density at radius 2 is 1.95 bits per heavy atom. The van der Waals surface area contributed by atoms with E-state index in [9.17, 15) is 18.0 Å². The molecule has 2 aromatic heterocycles. The van der Waals surface area contributed by atoms with Gasteiger partial charge in [-0.25, -0.2) is 0 Å². The van der Waals surface area contributed by atoms with Crippen LogP contribution in [0.3, 0.4) is 0 Å². The summed E-state index contributed by atoms with van der Waals surface area (Å²) in [4.78, 5) is 23.3. The minimum absolute atomic E-state index is 0.0330. The molecule has 0 spiro atoms. The van der Waals surface area contributed by atoms with Crippen LogP contribution in [0.25, 0.3) is 5.52 Å². The summed E-state index contributed by atoms with van der Waals surface area (Å²) < 4.78 is 41.6. The molecule has 0 aromatic carbocycles. The predicted octanol–water partition coefficient (Wildman–Crippen LogP) is 3.83. The van der Waals surface area contributed by atoms with E-state index in [2.05, 4.69) is 39.7 Å². The molecule has 3 atom stereocenters. The summed E-state index contributed by atoms with van der Waals surface area (Å²) in [6.45, 7) is 0.125. The van der Waals surface area contributed by atoms with Crippen LogP contribution >= 0.6 is 11.8 Å². The maximum atomic E-state index is 13.4. The summed E-state index contributed by atoms with van der Waals surface area (Å²) in [6, 6.07) is 6.77. The van der Waals surface area contributed by atoms with Gasteiger partial charge in [0.1, 0.15) is 5.03 Å². The first-order valence-electron chi connectivity index (χ1n) is 12.5. The van der Waals surface area contributed by atoms with E-state index in [1.165, 1.54) is 6.42 Å². The summed E-state index contributed by atoms with van der Waals surface area (Å²) in [7, 11) is 3.73. The molecule has 0 radical (unpaired) electrons. The van der Waals surface area contributed by atoms with Gasteiger partial charge >= 0.3 is 5.51 Å². The molecule has 1 unspecified atom stereocenters. The number of fused-ring (bicyclic) bond motifs is 3. The monoisotopic (exact) mass is 535 g/mol. The highest BCUT2D eigenvalue weighted by Crippen LogP contribution is 2.41. The Balaban J connectivity index is 0.000000747. The van der Waals surface area contributed by atoms with Crippen molar-refractivity contribution in [3.63, 3.8) is 0 Å². The molecule has 7 nitrogen and oxygen atoms in total. The van der Waals surface area contributed by atoms with E-state index >= 15 is 0 Å². The Hall–Kier alpha value is -2.84. The lowest BCUT2D eigenvalue weighted by molar-refractivity contribution is -0.122. The molecule has 2 saturated heterocycles.